The van der Waals surface area contributed by atoms with Gasteiger partial charge >= 0.3 is 0 Å². The van der Waals surface area contributed by atoms with Gasteiger partial charge in [-0.25, -0.2) is 0 Å². The van der Waals surface area contributed by atoms with Crippen molar-refractivity contribution in [1.82, 2.24) is 10.2 Å². The number of halogens is 1. The molecule has 1 fully saturated rings. The van der Waals surface area contributed by atoms with Crippen LogP contribution in [0.4, 0.5) is 0 Å². The Balaban J connectivity index is 2.07. The molecule has 0 spiro atoms. The van der Waals surface area contributed by atoms with Gasteiger partial charge in [-0.2, -0.15) is 0 Å². The molecular weight excluding hydrogens is 204 g/mol. The van der Waals surface area contributed by atoms with E-state index in [-0.39, 0.29) is 11.3 Å². The van der Waals surface area contributed by atoms with Crippen LogP contribution in [0.25, 0.3) is 0 Å². The minimum absolute atomic E-state index is 0.222. The Morgan fingerprint density at radius 2 is 2.36 bits per heavy atom. The van der Waals surface area contributed by atoms with Crippen LogP contribution >= 0.6 is 11.6 Å². The maximum absolute atomic E-state index is 5.83. The van der Waals surface area contributed by atoms with Crippen molar-refractivity contribution >= 4 is 11.6 Å². The largest absolute Gasteiger partial charge is 0.423 e. The van der Waals surface area contributed by atoms with Gasteiger partial charge in [-0.3, -0.25) is 0 Å². The van der Waals surface area contributed by atoms with Crippen molar-refractivity contribution in [2.24, 2.45) is 0 Å². The molecule has 2 heterocycles. The fourth-order valence-corrected chi connectivity index (χ4v) is 1.60. The van der Waals surface area contributed by atoms with Gasteiger partial charge in [-0.1, -0.05) is 0 Å². The van der Waals surface area contributed by atoms with Crippen LogP contribution in [0.2, 0.25) is 0 Å². The van der Waals surface area contributed by atoms with Crippen LogP contribution in [0.5, 0.6) is 0 Å². The molecule has 1 saturated heterocycles. The number of alkyl halides is 1. The van der Waals surface area contributed by atoms with Gasteiger partial charge in [0, 0.05) is 6.61 Å². The Hall–Kier alpha value is -0.610. The Morgan fingerprint density at radius 3 is 2.93 bits per heavy atom. The van der Waals surface area contributed by atoms with E-state index in [2.05, 4.69) is 10.2 Å². The molecule has 4 nitrogen and oxygen atoms in total. The smallest absolute Gasteiger partial charge is 0.234 e. The van der Waals surface area contributed by atoms with E-state index in [1.807, 2.05) is 6.92 Å². The molecular formula is C9H13ClN2O2. The van der Waals surface area contributed by atoms with Crippen molar-refractivity contribution in [2.75, 3.05) is 13.2 Å². The third-order valence-corrected chi connectivity index (χ3v) is 2.49. The molecule has 0 radical (unpaired) electrons. The van der Waals surface area contributed by atoms with Crippen LogP contribution in [0.15, 0.2) is 4.42 Å². The third kappa shape index (κ3) is 2.07. The summed E-state index contributed by atoms with van der Waals surface area (Å²) in [4.78, 5) is 0. The third-order valence-electron chi connectivity index (χ3n) is 2.31. The lowest BCUT2D eigenvalue weighted by Crippen LogP contribution is -2.15. The summed E-state index contributed by atoms with van der Waals surface area (Å²) in [5.74, 6) is 1.40. The van der Waals surface area contributed by atoms with E-state index in [0.717, 1.165) is 19.4 Å². The number of ether oxygens (including phenoxy) is 1. The van der Waals surface area contributed by atoms with Crippen molar-refractivity contribution in [2.45, 2.75) is 31.1 Å². The maximum atomic E-state index is 5.83. The van der Waals surface area contributed by atoms with Crippen molar-refractivity contribution in [3.8, 4) is 0 Å². The van der Waals surface area contributed by atoms with Gasteiger partial charge in [0.05, 0.1) is 12.5 Å². The SMILES string of the molecule is CC(Cl)c1nnc(C2CCCOC2)o1. The number of hydrogen-bond donors (Lipinski definition) is 0. The lowest BCUT2D eigenvalue weighted by molar-refractivity contribution is 0.0721. The van der Waals surface area contributed by atoms with Crippen LogP contribution in [-0.4, -0.2) is 23.4 Å². The molecule has 1 aromatic heterocycles. The number of nitrogens with zero attached hydrogens (tertiary/aromatic N) is 2. The van der Waals surface area contributed by atoms with Crippen LogP contribution in [0.3, 0.4) is 0 Å². The van der Waals surface area contributed by atoms with Gasteiger partial charge in [-0.05, 0) is 19.8 Å². The molecule has 0 aromatic carbocycles. The zero-order valence-electron chi connectivity index (χ0n) is 8.07. The van der Waals surface area contributed by atoms with Crippen molar-refractivity contribution in [1.29, 1.82) is 0 Å². The predicted octanol–water partition coefficient (Wildman–Crippen LogP) is 2.26. The van der Waals surface area contributed by atoms with E-state index in [9.17, 15) is 0 Å². The second-order valence-corrected chi connectivity index (χ2v) is 4.16. The molecule has 1 aliphatic heterocycles. The van der Waals surface area contributed by atoms with Gasteiger partial charge in [0.25, 0.3) is 0 Å². The summed E-state index contributed by atoms with van der Waals surface area (Å²) in [5.41, 5.74) is 0. The standard InChI is InChI=1S/C9H13ClN2O2/c1-6(10)8-11-12-9(14-8)7-3-2-4-13-5-7/h6-7H,2-5H2,1H3. The molecule has 0 bridgehead atoms. The highest BCUT2D eigenvalue weighted by molar-refractivity contribution is 6.20. The first-order valence-electron chi connectivity index (χ1n) is 4.82. The molecule has 1 aliphatic rings. The molecule has 1 aromatic rings. The zero-order valence-corrected chi connectivity index (χ0v) is 8.83. The van der Waals surface area contributed by atoms with Crippen molar-refractivity contribution in [3.05, 3.63) is 11.8 Å². The average molecular weight is 217 g/mol. The molecule has 0 aliphatic carbocycles. The summed E-state index contributed by atoms with van der Waals surface area (Å²) in [5, 5.41) is 7.65. The summed E-state index contributed by atoms with van der Waals surface area (Å²) in [7, 11) is 0. The lowest BCUT2D eigenvalue weighted by Gasteiger charge is -2.18. The van der Waals surface area contributed by atoms with E-state index < -0.39 is 0 Å². The molecule has 0 amide bonds. The average Bonchev–Trinajstić information content (AvgIpc) is 2.68. The van der Waals surface area contributed by atoms with Gasteiger partial charge in [0.1, 0.15) is 5.38 Å². The highest BCUT2D eigenvalue weighted by Crippen LogP contribution is 2.26. The monoisotopic (exact) mass is 216 g/mol. The van der Waals surface area contributed by atoms with E-state index in [1.165, 1.54) is 0 Å². The van der Waals surface area contributed by atoms with E-state index in [4.69, 9.17) is 20.8 Å². The summed E-state index contributed by atoms with van der Waals surface area (Å²) in [6.45, 7) is 3.33. The first-order chi connectivity index (χ1) is 6.77. The Kier molecular flexibility index (Phi) is 3.03. The van der Waals surface area contributed by atoms with Crippen molar-refractivity contribution < 1.29 is 9.15 Å². The molecule has 2 rings (SSSR count). The van der Waals surface area contributed by atoms with Gasteiger partial charge in [0.15, 0.2) is 0 Å². The summed E-state index contributed by atoms with van der Waals surface area (Å²) in [6, 6.07) is 0. The molecule has 0 N–H and O–H groups in total. The van der Waals surface area contributed by atoms with Crippen LogP contribution in [0, 0.1) is 0 Å². The normalized spacial score (nSPS) is 24.9. The minimum Gasteiger partial charge on any atom is -0.423 e. The highest BCUT2D eigenvalue weighted by atomic mass is 35.5. The number of rotatable bonds is 2. The number of hydrogen-bond acceptors (Lipinski definition) is 4. The highest BCUT2D eigenvalue weighted by Gasteiger charge is 2.22. The lowest BCUT2D eigenvalue weighted by atomic mass is 10.0. The van der Waals surface area contributed by atoms with E-state index in [1.54, 1.807) is 0 Å². The maximum Gasteiger partial charge on any atom is 0.234 e. The molecule has 0 saturated carbocycles. The van der Waals surface area contributed by atoms with Crippen LogP contribution < -0.4 is 0 Å². The topological polar surface area (TPSA) is 48.2 Å². The summed E-state index contributed by atoms with van der Waals surface area (Å²) < 4.78 is 10.8. The predicted molar refractivity (Wildman–Crippen MR) is 51.4 cm³/mol. The molecule has 5 heteroatoms. The van der Waals surface area contributed by atoms with E-state index >= 15 is 0 Å². The fraction of sp³-hybridized carbons (Fsp3) is 0.778. The molecule has 14 heavy (non-hydrogen) atoms. The second-order valence-electron chi connectivity index (χ2n) is 3.51. The van der Waals surface area contributed by atoms with Crippen LogP contribution in [0.1, 0.15) is 42.8 Å². The van der Waals surface area contributed by atoms with Gasteiger partial charge in [-0.15, -0.1) is 21.8 Å². The van der Waals surface area contributed by atoms with Crippen LogP contribution in [-0.2, 0) is 4.74 Å². The zero-order chi connectivity index (χ0) is 9.97. The number of aromatic nitrogens is 2. The minimum atomic E-state index is -0.222. The fourth-order valence-electron chi connectivity index (χ4n) is 1.51. The van der Waals surface area contributed by atoms with Gasteiger partial charge < -0.3 is 9.15 Å². The Bertz CT molecular complexity index is 295. The Morgan fingerprint density at radius 1 is 1.50 bits per heavy atom. The second kappa shape index (κ2) is 4.28. The summed E-state index contributed by atoms with van der Waals surface area (Å²) >= 11 is 5.83. The molecule has 2 atom stereocenters. The molecule has 2 unspecified atom stereocenters. The first-order valence-corrected chi connectivity index (χ1v) is 5.26. The van der Waals surface area contributed by atoms with Gasteiger partial charge in [0.2, 0.25) is 11.8 Å². The summed E-state index contributed by atoms with van der Waals surface area (Å²) in [6.07, 6.45) is 2.11. The quantitative estimate of drug-likeness (QED) is 0.712. The first kappa shape index (κ1) is 9.93. The van der Waals surface area contributed by atoms with E-state index in [0.29, 0.717) is 18.4 Å². The molecule has 78 valence electrons. The van der Waals surface area contributed by atoms with Crippen molar-refractivity contribution in [3.63, 3.8) is 0 Å². The Labute approximate surface area is 87.6 Å².